The first-order chi connectivity index (χ1) is 9.22. The molecule has 19 heavy (non-hydrogen) atoms. The molecular weight excluding hydrogens is 238 g/mol. The second-order valence-corrected chi connectivity index (χ2v) is 5.38. The fourth-order valence-corrected chi connectivity index (χ4v) is 2.29. The van der Waals surface area contributed by atoms with Gasteiger partial charge in [-0.3, -0.25) is 9.78 Å². The zero-order valence-electron chi connectivity index (χ0n) is 11.6. The molecule has 0 saturated heterocycles. The summed E-state index contributed by atoms with van der Waals surface area (Å²) in [5.74, 6) is 0.346. The predicted octanol–water partition coefficient (Wildman–Crippen LogP) is 1.95. The Labute approximate surface area is 115 Å². The van der Waals surface area contributed by atoms with Crippen molar-refractivity contribution in [2.24, 2.45) is 11.7 Å². The molecule has 4 nitrogen and oxygen atoms in total. The van der Waals surface area contributed by atoms with Crippen LogP contribution in [0.15, 0.2) is 24.5 Å². The topological polar surface area (TPSA) is 59.2 Å². The summed E-state index contributed by atoms with van der Waals surface area (Å²) in [4.78, 5) is 18.6. The minimum atomic E-state index is 0.0750. The minimum Gasteiger partial charge on any atom is -0.335 e. The lowest BCUT2D eigenvalue weighted by molar-refractivity contribution is -0.136. The summed E-state index contributed by atoms with van der Waals surface area (Å²) >= 11 is 0. The monoisotopic (exact) mass is 261 g/mol. The van der Waals surface area contributed by atoms with E-state index in [1.165, 1.54) is 0 Å². The van der Waals surface area contributed by atoms with Crippen LogP contribution in [0.4, 0.5) is 0 Å². The molecule has 2 rings (SSSR count). The highest BCUT2D eigenvalue weighted by Crippen LogP contribution is 2.30. The normalized spacial score (nSPS) is 16.1. The van der Waals surface area contributed by atoms with E-state index in [0.29, 0.717) is 19.1 Å². The van der Waals surface area contributed by atoms with Crippen molar-refractivity contribution in [3.05, 3.63) is 30.1 Å². The number of aromatic nitrogens is 1. The van der Waals surface area contributed by atoms with Crippen LogP contribution in [0.1, 0.15) is 38.2 Å². The summed E-state index contributed by atoms with van der Waals surface area (Å²) in [6.07, 6.45) is 7.64. The summed E-state index contributed by atoms with van der Waals surface area (Å²) in [5, 5.41) is 0. The van der Waals surface area contributed by atoms with E-state index in [4.69, 9.17) is 5.73 Å². The number of nitrogens with zero attached hydrogens (tertiary/aromatic N) is 2. The average molecular weight is 261 g/mol. The number of amides is 1. The zero-order chi connectivity index (χ0) is 13.7. The molecule has 1 saturated carbocycles. The van der Waals surface area contributed by atoms with Crippen LogP contribution in [-0.4, -0.2) is 28.4 Å². The van der Waals surface area contributed by atoms with Gasteiger partial charge >= 0.3 is 0 Å². The molecule has 1 aliphatic carbocycles. The van der Waals surface area contributed by atoms with Crippen LogP contribution in [0.25, 0.3) is 0 Å². The molecule has 1 aromatic rings. The first-order valence-corrected chi connectivity index (χ1v) is 7.12. The molecular formula is C15H23N3O. The fraction of sp³-hybridized carbons (Fsp3) is 0.600. The second-order valence-electron chi connectivity index (χ2n) is 5.38. The molecule has 0 aromatic carbocycles. The maximum atomic E-state index is 12.5. The van der Waals surface area contributed by atoms with E-state index >= 15 is 0 Å². The zero-order valence-corrected chi connectivity index (χ0v) is 11.6. The molecule has 1 amide bonds. The third-order valence-corrected chi connectivity index (χ3v) is 3.64. The van der Waals surface area contributed by atoms with Crippen molar-refractivity contribution in [1.82, 2.24) is 9.88 Å². The van der Waals surface area contributed by atoms with Gasteiger partial charge in [-0.15, -0.1) is 0 Å². The van der Waals surface area contributed by atoms with Crippen LogP contribution >= 0.6 is 0 Å². The molecule has 1 aliphatic rings. The molecule has 0 bridgehead atoms. The van der Waals surface area contributed by atoms with Crippen molar-refractivity contribution in [3.8, 4) is 0 Å². The van der Waals surface area contributed by atoms with Gasteiger partial charge < -0.3 is 10.6 Å². The second kappa shape index (κ2) is 6.66. The quantitative estimate of drug-likeness (QED) is 0.816. The van der Waals surface area contributed by atoms with Crippen molar-refractivity contribution in [1.29, 1.82) is 0 Å². The van der Waals surface area contributed by atoms with E-state index in [2.05, 4.69) is 4.98 Å². The molecule has 1 unspecified atom stereocenters. The van der Waals surface area contributed by atoms with Crippen LogP contribution in [0.5, 0.6) is 0 Å². The van der Waals surface area contributed by atoms with E-state index < -0.39 is 0 Å². The number of pyridine rings is 1. The summed E-state index contributed by atoms with van der Waals surface area (Å²) in [6, 6.07) is 4.40. The standard InChI is InChI=1S/C15H23N3O/c1-12(3-2-8-16)15(19)18(14-4-5-14)11-13-6-9-17-10-7-13/h6-7,9-10,12,14H,2-5,8,11,16H2,1H3. The highest BCUT2D eigenvalue weighted by molar-refractivity contribution is 5.79. The third kappa shape index (κ3) is 4.03. The number of rotatable bonds is 7. The number of hydrogen-bond donors (Lipinski definition) is 1. The summed E-state index contributed by atoms with van der Waals surface area (Å²) in [5.41, 5.74) is 6.67. The van der Waals surface area contributed by atoms with E-state index in [-0.39, 0.29) is 11.8 Å². The smallest absolute Gasteiger partial charge is 0.225 e. The van der Waals surface area contributed by atoms with Crippen molar-refractivity contribution in [3.63, 3.8) is 0 Å². The summed E-state index contributed by atoms with van der Waals surface area (Å²) in [7, 11) is 0. The number of carbonyl (C=O) groups excluding carboxylic acids is 1. The van der Waals surface area contributed by atoms with Gasteiger partial charge in [-0.05, 0) is 49.9 Å². The van der Waals surface area contributed by atoms with E-state index in [1.54, 1.807) is 12.4 Å². The number of hydrogen-bond acceptors (Lipinski definition) is 3. The van der Waals surface area contributed by atoms with Crippen LogP contribution < -0.4 is 5.73 Å². The van der Waals surface area contributed by atoms with E-state index in [1.807, 2.05) is 24.0 Å². The van der Waals surface area contributed by atoms with Gasteiger partial charge in [-0.2, -0.15) is 0 Å². The van der Waals surface area contributed by atoms with E-state index in [0.717, 1.165) is 31.2 Å². The minimum absolute atomic E-state index is 0.0750. The fourth-order valence-electron chi connectivity index (χ4n) is 2.29. The van der Waals surface area contributed by atoms with Gasteiger partial charge in [0, 0.05) is 30.9 Å². The van der Waals surface area contributed by atoms with Gasteiger partial charge in [0.25, 0.3) is 0 Å². The van der Waals surface area contributed by atoms with Gasteiger partial charge in [-0.1, -0.05) is 6.92 Å². The Morgan fingerprint density at radius 1 is 1.47 bits per heavy atom. The highest BCUT2D eigenvalue weighted by Gasteiger charge is 2.34. The molecule has 104 valence electrons. The first kappa shape index (κ1) is 14.0. The Bertz CT molecular complexity index is 403. The molecule has 2 N–H and O–H groups in total. The average Bonchev–Trinajstić information content (AvgIpc) is 3.27. The summed E-state index contributed by atoms with van der Waals surface area (Å²) in [6.45, 7) is 3.38. The number of nitrogens with two attached hydrogens (primary N) is 1. The predicted molar refractivity (Wildman–Crippen MR) is 75.3 cm³/mol. The maximum absolute atomic E-state index is 12.5. The van der Waals surface area contributed by atoms with Crippen LogP contribution in [0.3, 0.4) is 0 Å². The Kier molecular flexibility index (Phi) is 4.91. The third-order valence-electron chi connectivity index (χ3n) is 3.64. The van der Waals surface area contributed by atoms with Gasteiger partial charge in [-0.25, -0.2) is 0 Å². The van der Waals surface area contributed by atoms with Gasteiger partial charge in [0.1, 0.15) is 0 Å². The molecule has 0 spiro atoms. The highest BCUT2D eigenvalue weighted by atomic mass is 16.2. The Hall–Kier alpha value is -1.42. The van der Waals surface area contributed by atoms with Crippen LogP contribution in [0, 0.1) is 5.92 Å². The maximum Gasteiger partial charge on any atom is 0.225 e. The lowest BCUT2D eigenvalue weighted by Crippen LogP contribution is -2.36. The molecule has 4 heteroatoms. The van der Waals surface area contributed by atoms with Crippen molar-refractivity contribution < 1.29 is 4.79 Å². The molecule has 1 fully saturated rings. The van der Waals surface area contributed by atoms with Crippen molar-refractivity contribution in [2.45, 2.75) is 45.2 Å². The molecule has 1 atom stereocenters. The molecule has 1 aromatic heterocycles. The SMILES string of the molecule is CC(CCCN)C(=O)N(Cc1ccncc1)C1CC1. The Morgan fingerprint density at radius 3 is 2.74 bits per heavy atom. The van der Waals surface area contributed by atoms with Gasteiger partial charge in [0.15, 0.2) is 0 Å². The van der Waals surface area contributed by atoms with Crippen LogP contribution in [-0.2, 0) is 11.3 Å². The summed E-state index contributed by atoms with van der Waals surface area (Å²) < 4.78 is 0. The van der Waals surface area contributed by atoms with Crippen molar-refractivity contribution >= 4 is 5.91 Å². The van der Waals surface area contributed by atoms with E-state index in [9.17, 15) is 4.79 Å². The lowest BCUT2D eigenvalue weighted by Gasteiger charge is -2.26. The van der Waals surface area contributed by atoms with Crippen molar-refractivity contribution in [2.75, 3.05) is 6.54 Å². The van der Waals surface area contributed by atoms with Gasteiger partial charge in [0.2, 0.25) is 5.91 Å². The van der Waals surface area contributed by atoms with Crippen LogP contribution in [0.2, 0.25) is 0 Å². The first-order valence-electron chi connectivity index (χ1n) is 7.12. The largest absolute Gasteiger partial charge is 0.335 e. The number of carbonyl (C=O) groups is 1. The molecule has 0 radical (unpaired) electrons. The molecule has 0 aliphatic heterocycles. The molecule has 1 heterocycles. The Balaban J connectivity index is 1.97. The van der Waals surface area contributed by atoms with Gasteiger partial charge in [0.05, 0.1) is 0 Å². The lowest BCUT2D eigenvalue weighted by atomic mass is 10.0. The Morgan fingerprint density at radius 2 is 2.16 bits per heavy atom.